The van der Waals surface area contributed by atoms with Crippen LogP contribution in [0.4, 0.5) is 0 Å². The lowest BCUT2D eigenvalue weighted by molar-refractivity contribution is 0.0942. The predicted molar refractivity (Wildman–Crippen MR) is 91.9 cm³/mol. The number of rotatable bonds is 2. The molecule has 6 heteroatoms. The van der Waals surface area contributed by atoms with Crippen LogP contribution in [-0.2, 0) is 0 Å². The molecule has 21 heavy (non-hydrogen) atoms. The van der Waals surface area contributed by atoms with Gasteiger partial charge in [-0.05, 0) is 59.0 Å². The van der Waals surface area contributed by atoms with Crippen molar-refractivity contribution in [2.24, 2.45) is 5.92 Å². The van der Waals surface area contributed by atoms with Crippen LogP contribution < -0.4 is 16.2 Å². The van der Waals surface area contributed by atoms with Gasteiger partial charge in [-0.2, -0.15) is 0 Å². The molecule has 0 saturated heterocycles. The van der Waals surface area contributed by atoms with E-state index in [9.17, 15) is 4.79 Å². The normalized spacial score (nSPS) is 21.4. The molecule has 0 radical (unpaired) electrons. The molecule has 2 atom stereocenters. The first-order chi connectivity index (χ1) is 10.1. The van der Waals surface area contributed by atoms with E-state index in [1.807, 2.05) is 18.2 Å². The Hall–Kier alpha value is -1.14. The van der Waals surface area contributed by atoms with E-state index in [1.165, 1.54) is 19.3 Å². The van der Waals surface area contributed by atoms with Crippen LogP contribution in [0.1, 0.15) is 43.0 Å². The summed E-state index contributed by atoms with van der Waals surface area (Å²) in [6.07, 6.45) is 4.87. The fraction of sp³-hybridized carbons (Fsp3) is 0.467. The molecule has 0 unspecified atom stereocenters. The molecule has 1 saturated carbocycles. The maximum absolute atomic E-state index is 12.0. The highest BCUT2D eigenvalue weighted by molar-refractivity contribution is 9.10. The zero-order chi connectivity index (χ0) is 15.2. The molecular weight excluding hydrogens is 350 g/mol. The fourth-order valence-electron chi connectivity index (χ4n) is 2.56. The summed E-state index contributed by atoms with van der Waals surface area (Å²) in [6, 6.07) is 7.65. The van der Waals surface area contributed by atoms with Crippen molar-refractivity contribution in [3.05, 3.63) is 34.3 Å². The standard InChI is InChI=1S/C15H20BrN3OS/c1-10-6-2-5-9-13(10)17-15(21)19-18-14(20)11-7-3-4-8-12(11)16/h3-4,7-8,10,13H,2,5-6,9H2,1H3,(H,18,20)(H2,17,19,21)/t10-,13+/m0/s1. The van der Waals surface area contributed by atoms with E-state index < -0.39 is 0 Å². The van der Waals surface area contributed by atoms with E-state index in [1.54, 1.807) is 6.07 Å². The highest BCUT2D eigenvalue weighted by atomic mass is 79.9. The molecule has 0 spiro atoms. The van der Waals surface area contributed by atoms with Gasteiger partial charge in [0.2, 0.25) is 0 Å². The largest absolute Gasteiger partial charge is 0.358 e. The highest BCUT2D eigenvalue weighted by Gasteiger charge is 2.21. The number of halogens is 1. The van der Waals surface area contributed by atoms with Crippen molar-refractivity contribution >= 4 is 39.2 Å². The summed E-state index contributed by atoms with van der Waals surface area (Å²) in [4.78, 5) is 12.0. The number of thiocarbonyl (C=S) groups is 1. The van der Waals surface area contributed by atoms with Crippen LogP contribution in [0.5, 0.6) is 0 Å². The van der Waals surface area contributed by atoms with Gasteiger partial charge in [0.25, 0.3) is 5.91 Å². The third-order valence-corrected chi connectivity index (χ3v) is 4.75. The SMILES string of the molecule is C[C@H]1CCCC[C@H]1NC(=S)NNC(=O)c1ccccc1Br. The van der Waals surface area contributed by atoms with E-state index in [4.69, 9.17) is 12.2 Å². The van der Waals surface area contributed by atoms with Gasteiger partial charge < -0.3 is 5.32 Å². The van der Waals surface area contributed by atoms with Gasteiger partial charge in [0, 0.05) is 10.5 Å². The number of benzene rings is 1. The molecule has 1 aromatic rings. The molecule has 3 N–H and O–H groups in total. The number of carbonyl (C=O) groups excluding carboxylic acids is 1. The number of hydrazine groups is 1. The molecule has 2 rings (SSSR count). The third-order valence-electron chi connectivity index (χ3n) is 3.84. The van der Waals surface area contributed by atoms with Gasteiger partial charge >= 0.3 is 0 Å². The van der Waals surface area contributed by atoms with Crippen molar-refractivity contribution in [3.8, 4) is 0 Å². The molecule has 0 bridgehead atoms. The summed E-state index contributed by atoms with van der Waals surface area (Å²) < 4.78 is 0.754. The van der Waals surface area contributed by atoms with E-state index in [0.717, 1.165) is 10.9 Å². The fourth-order valence-corrected chi connectivity index (χ4v) is 3.23. The van der Waals surface area contributed by atoms with Crippen LogP contribution in [0.3, 0.4) is 0 Å². The third kappa shape index (κ3) is 4.68. The maximum atomic E-state index is 12.0. The van der Waals surface area contributed by atoms with Crippen molar-refractivity contribution in [3.63, 3.8) is 0 Å². The van der Waals surface area contributed by atoms with E-state index in [-0.39, 0.29) is 5.91 Å². The number of hydrogen-bond donors (Lipinski definition) is 3. The quantitative estimate of drug-likeness (QED) is 0.553. The summed E-state index contributed by atoms with van der Waals surface area (Å²) in [6.45, 7) is 2.24. The predicted octanol–water partition coefficient (Wildman–Crippen LogP) is 3.14. The lowest BCUT2D eigenvalue weighted by Gasteiger charge is -2.30. The van der Waals surface area contributed by atoms with Gasteiger partial charge in [-0.25, -0.2) is 0 Å². The van der Waals surface area contributed by atoms with Gasteiger partial charge in [-0.1, -0.05) is 31.9 Å². The summed E-state index contributed by atoms with van der Waals surface area (Å²) >= 11 is 8.59. The summed E-state index contributed by atoms with van der Waals surface area (Å²) in [5.74, 6) is 0.390. The lowest BCUT2D eigenvalue weighted by atomic mass is 9.86. The molecule has 1 aromatic carbocycles. The first-order valence-corrected chi connectivity index (χ1v) is 8.39. The summed E-state index contributed by atoms with van der Waals surface area (Å²) in [5, 5.41) is 3.75. The van der Waals surface area contributed by atoms with Gasteiger partial charge in [0.05, 0.1) is 5.56 Å². The average molecular weight is 370 g/mol. The van der Waals surface area contributed by atoms with E-state index >= 15 is 0 Å². The molecule has 1 fully saturated rings. The second kappa shape index (κ2) is 7.75. The molecule has 114 valence electrons. The Morgan fingerprint density at radius 1 is 1.24 bits per heavy atom. The smallest absolute Gasteiger partial charge is 0.270 e. The van der Waals surface area contributed by atoms with Crippen LogP contribution in [0.25, 0.3) is 0 Å². The molecular formula is C15H20BrN3OS. The topological polar surface area (TPSA) is 53.2 Å². The summed E-state index contributed by atoms with van der Waals surface area (Å²) in [5.41, 5.74) is 5.97. The molecule has 1 aliphatic carbocycles. The minimum Gasteiger partial charge on any atom is -0.358 e. The Balaban J connectivity index is 1.81. The Morgan fingerprint density at radius 3 is 2.67 bits per heavy atom. The van der Waals surface area contributed by atoms with Crippen molar-refractivity contribution in [2.45, 2.75) is 38.6 Å². The van der Waals surface area contributed by atoms with E-state index in [0.29, 0.717) is 22.6 Å². The molecule has 0 heterocycles. The minimum absolute atomic E-state index is 0.219. The molecule has 4 nitrogen and oxygen atoms in total. The maximum Gasteiger partial charge on any atom is 0.270 e. The molecule has 1 amide bonds. The van der Waals surface area contributed by atoms with Gasteiger partial charge in [0.15, 0.2) is 5.11 Å². The zero-order valence-electron chi connectivity index (χ0n) is 12.0. The Kier molecular flexibility index (Phi) is 5.99. The van der Waals surface area contributed by atoms with Crippen molar-refractivity contribution in [1.82, 2.24) is 16.2 Å². The molecule has 0 aromatic heterocycles. The van der Waals surface area contributed by atoms with E-state index in [2.05, 4.69) is 39.0 Å². The van der Waals surface area contributed by atoms with Crippen LogP contribution in [0.2, 0.25) is 0 Å². The molecule has 0 aliphatic heterocycles. The van der Waals surface area contributed by atoms with Crippen molar-refractivity contribution in [1.29, 1.82) is 0 Å². The Bertz CT molecular complexity index is 523. The highest BCUT2D eigenvalue weighted by Crippen LogP contribution is 2.23. The Labute approximate surface area is 139 Å². The number of hydrogen-bond acceptors (Lipinski definition) is 2. The second-order valence-corrected chi connectivity index (χ2v) is 6.66. The number of amides is 1. The van der Waals surface area contributed by atoms with Gasteiger partial charge in [-0.15, -0.1) is 0 Å². The average Bonchev–Trinajstić information content (AvgIpc) is 2.48. The van der Waals surface area contributed by atoms with Crippen molar-refractivity contribution < 1.29 is 4.79 Å². The number of nitrogens with one attached hydrogen (secondary N) is 3. The first kappa shape index (κ1) is 16.2. The van der Waals surface area contributed by atoms with Crippen LogP contribution >= 0.6 is 28.1 Å². The monoisotopic (exact) mass is 369 g/mol. The minimum atomic E-state index is -0.219. The van der Waals surface area contributed by atoms with Crippen LogP contribution in [-0.4, -0.2) is 17.1 Å². The van der Waals surface area contributed by atoms with Gasteiger partial charge in [0.1, 0.15) is 0 Å². The van der Waals surface area contributed by atoms with Crippen LogP contribution in [0.15, 0.2) is 28.7 Å². The van der Waals surface area contributed by atoms with Crippen LogP contribution in [0, 0.1) is 5.92 Å². The van der Waals surface area contributed by atoms with Gasteiger partial charge in [-0.3, -0.25) is 15.6 Å². The molecule has 1 aliphatic rings. The second-order valence-electron chi connectivity index (χ2n) is 5.40. The van der Waals surface area contributed by atoms with Crippen molar-refractivity contribution in [2.75, 3.05) is 0 Å². The zero-order valence-corrected chi connectivity index (χ0v) is 14.4. The summed E-state index contributed by atoms with van der Waals surface area (Å²) in [7, 11) is 0. The lowest BCUT2D eigenvalue weighted by Crippen LogP contribution is -2.51. The first-order valence-electron chi connectivity index (χ1n) is 7.19. The number of carbonyl (C=O) groups is 1. The Morgan fingerprint density at radius 2 is 1.95 bits per heavy atom.